The number of hydrogen-bond donors (Lipinski definition) is 1. The maximum atomic E-state index is 11.8. The topological polar surface area (TPSA) is 32.3 Å². The molecule has 1 aliphatic heterocycles. The maximum Gasteiger partial charge on any atom is 0.234 e. The molecule has 3 heteroatoms. The number of likely N-dealkylation sites (tertiary alicyclic amines) is 1. The minimum atomic E-state index is 0.228. The highest BCUT2D eigenvalue weighted by molar-refractivity contribution is 5.78. The van der Waals surface area contributed by atoms with Gasteiger partial charge in [0.2, 0.25) is 5.91 Å². The highest BCUT2D eigenvalue weighted by Crippen LogP contribution is 2.34. The minimum Gasteiger partial charge on any atom is -0.352 e. The molecular weight excluding hydrogens is 224 g/mol. The van der Waals surface area contributed by atoms with Crippen molar-refractivity contribution in [2.45, 2.75) is 58.9 Å². The molecule has 1 aliphatic carbocycles. The maximum absolute atomic E-state index is 11.8. The van der Waals surface area contributed by atoms with Crippen LogP contribution in [0.15, 0.2) is 0 Å². The molecule has 0 aromatic heterocycles. The monoisotopic (exact) mass is 252 g/mol. The van der Waals surface area contributed by atoms with E-state index in [9.17, 15) is 4.79 Å². The van der Waals surface area contributed by atoms with Gasteiger partial charge in [0.25, 0.3) is 0 Å². The lowest BCUT2D eigenvalue weighted by Crippen LogP contribution is -2.38. The van der Waals surface area contributed by atoms with E-state index in [-0.39, 0.29) is 5.91 Å². The first-order valence-electron chi connectivity index (χ1n) is 7.47. The van der Waals surface area contributed by atoms with Crippen molar-refractivity contribution in [3.63, 3.8) is 0 Å². The van der Waals surface area contributed by atoms with Crippen LogP contribution in [0, 0.1) is 11.3 Å². The van der Waals surface area contributed by atoms with Gasteiger partial charge in [-0.1, -0.05) is 20.8 Å². The summed E-state index contributed by atoms with van der Waals surface area (Å²) in [5, 5.41) is 3.08. The van der Waals surface area contributed by atoms with E-state index in [1.165, 1.54) is 32.1 Å². The second-order valence-electron chi connectivity index (χ2n) is 7.11. The molecule has 0 radical (unpaired) electrons. The summed E-state index contributed by atoms with van der Waals surface area (Å²) >= 11 is 0. The fourth-order valence-electron chi connectivity index (χ4n) is 2.88. The first-order chi connectivity index (χ1) is 8.45. The normalized spacial score (nSPS) is 26.7. The largest absolute Gasteiger partial charge is 0.352 e. The van der Waals surface area contributed by atoms with Crippen molar-refractivity contribution in [2.24, 2.45) is 11.3 Å². The fraction of sp³-hybridized carbons (Fsp3) is 0.933. The Morgan fingerprint density at radius 1 is 1.17 bits per heavy atom. The molecule has 2 fully saturated rings. The summed E-state index contributed by atoms with van der Waals surface area (Å²) in [5.41, 5.74) is 0.409. The van der Waals surface area contributed by atoms with Crippen LogP contribution in [-0.2, 0) is 4.79 Å². The lowest BCUT2D eigenvalue weighted by Gasteiger charge is -2.29. The predicted molar refractivity (Wildman–Crippen MR) is 74.4 cm³/mol. The summed E-state index contributed by atoms with van der Waals surface area (Å²) in [6.07, 6.45) is 6.14. The summed E-state index contributed by atoms with van der Waals surface area (Å²) in [6, 6.07) is 0.492. The van der Waals surface area contributed by atoms with Gasteiger partial charge in [0.05, 0.1) is 6.54 Å². The van der Waals surface area contributed by atoms with Crippen molar-refractivity contribution in [3.8, 4) is 0 Å². The molecule has 0 spiro atoms. The molecule has 0 bridgehead atoms. The molecule has 18 heavy (non-hydrogen) atoms. The summed E-state index contributed by atoms with van der Waals surface area (Å²) in [5.74, 6) is 1.03. The van der Waals surface area contributed by atoms with E-state index in [0.29, 0.717) is 18.0 Å². The van der Waals surface area contributed by atoms with Gasteiger partial charge in [-0.15, -0.1) is 0 Å². The molecule has 1 unspecified atom stereocenters. The Hall–Kier alpha value is -0.570. The average molecular weight is 252 g/mol. The zero-order valence-corrected chi connectivity index (χ0v) is 12.2. The molecular formula is C15H28N2O. The third-order valence-corrected chi connectivity index (χ3v) is 4.36. The standard InChI is InChI=1S/C15H28N2O/c1-15(2,3)12-5-4-9-17(10-8-12)11-14(18)16-13-6-7-13/h12-13H,4-11H2,1-3H3,(H,16,18). The molecule has 1 heterocycles. The number of rotatable bonds is 3. The van der Waals surface area contributed by atoms with Gasteiger partial charge < -0.3 is 5.32 Å². The zero-order valence-electron chi connectivity index (χ0n) is 12.2. The van der Waals surface area contributed by atoms with Gasteiger partial charge in [0.1, 0.15) is 0 Å². The molecule has 1 atom stereocenters. The summed E-state index contributed by atoms with van der Waals surface area (Å²) in [4.78, 5) is 14.1. The van der Waals surface area contributed by atoms with Crippen molar-refractivity contribution in [2.75, 3.05) is 19.6 Å². The molecule has 1 N–H and O–H groups in total. The number of amides is 1. The lowest BCUT2D eigenvalue weighted by atomic mass is 9.77. The Morgan fingerprint density at radius 2 is 1.89 bits per heavy atom. The quantitative estimate of drug-likeness (QED) is 0.836. The van der Waals surface area contributed by atoms with E-state index in [4.69, 9.17) is 0 Å². The fourth-order valence-corrected chi connectivity index (χ4v) is 2.88. The molecule has 2 rings (SSSR count). The predicted octanol–water partition coefficient (Wildman–Crippen LogP) is 2.41. The Bertz CT molecular complexity index is 291. The Labute approximate surface area is 111 Å². The first kappa shape index (κ1) is 13.9. The van der Waals surface area contributed by atoms with Gasteiger partial charge in [0.15, 0.2) is 0 Å². The third-order valence-electron chi connectivity index (χ3n) is 4.36. The molecule has 1 amide bonds. The van der Waals surface area contributed by atoms with Crippen LogP contribution in [0.3, 0.4) is 0 Å². The Kier molecular flexibility index (Phi) is 4.31. The number of carbonyl (C=O) groups excluding carboxylic acids is 1. The van der Waals surface area contributed by atoms with Crippen molar-refractivity contribution in [1.29, 1.82) is 0 Å². The zero-order chi connectivity index (χ0) is 13.2. The van der Waals surface area contributed by atoms with Gasteiger partial charge >= 0.3 is 0 Å². The van der Waals surface area contributed by atoms with Crippen LogP contribution >= 0.6 is 0 Å². The second kappa shape index (κ2) is 5.60. The van der Waals surface area contributed by atoms with Gasteiger partial charge in [0, 0.05) is 6.04 Å². The minimum absolute atomic E-state index is 0.228. The second-order valence-corrected chi connectivity index (χ2v) is 7.11. The highest BCUT2D eigenvalue weighted by Gasteiger charge is 2.28. The van der Waals surface area contributed by atoms with Crippen molar-refractivity contribution in [1.82, 2.24) is 10.2 Å². The van der Waals surface area contributed by atoms with Crippen LogP contribution in [0.2, 0.25) is 0 Å². The van der Waals surface area contributed by atoms with E-state index in [1.54, 1.807) is 0 Å². The Balaban J connectivity index is 1.75. The molecule has 3 nitrogen and oxygen atoms in total. The number of nitrogens with zero attached hydrogens (tertiary/aromatic N) is 1. The molecule has 104 valence electrons. The van der Waals surface area contributed by atoms with Gasteiger partial charge in [-0.05, 0) is 56.5 Å². The first-order valence-corrected chi connectivity index (χ1v) is 7.47. The van der Waals surface area contributed by atoms with Crippen LogP contribution < -0.4 is 5.32 Å². The third kappa shape index (κ3) is 4.27. The van der Waals surface area contributed by atoms with Crippen LogP contribution in [0.1, 0.15) is 52.9 Å². The molecule has 0 aromatic rings. The number of nitrogens with one attached hydrogen (secondary N) is 1. The average Bonchev–Trinajstić information content (AvgIpc) is 3.03. The van der Waals surface area contributed by atoms with Crippen molar-refractivity contribution >= 4 is 5.91 Å². The molecule has 0 aromatic carbocycles. The van der Waals surface area contributed by atoms with E-state index >= 15 is 0 Å². The van der Waals surface area contributed by atoms with Crippen molar-refractivity contribution < 1.29 is 4.79 Å². The highest BCUT2D eigenvalue weighted by atomic mass is 16.2. The smallest absolute Gasteiger partial charge is 0.234 e. The van der Waals surface area contributed by atoms with Crippen LogP contribution in [0.4, 0.5) is 0 Å². The van der Waals surface area contributed by atoms with E-state index < -0.39 is 0 Å². The summed E-state index contributed by atoms with van der Waals surface area (Å²) in [7, 11) is 0. The molecule has 1 saturated heterocycles. The number of hydrogen-bond acceptors (Lipinski definition) is 2. The van der Waals surface area contributed by atoms with Crippen LogP contribution in [0.5, 0.6) is 0 Å². The van der Waals surface area contributed by atoms with E-state index in [0.717, 1.165) is 19.0 Å². The van der Waals surface area contributed by atoms with Gasteiger partial charge in [-0.2, -0.15) is 0 Å². The van der Waals surface area contributed by atoms with Crippen molar-refractivity contribution in [3.05, 3.63) is 0 Å². The van der Waals surface area contributed by atoms with E-state index in [1.807, 2.05) is 0 Å². The molecule has 1 saturated carbocycles. The molecule has 2 aliphatic rings. The Morgan fingerprint density at radius 3 is 2.50 bits per heavy atom. The number of carbonyl (C=O) groups is 1. The van der Waals surface area contributed by atoms with Gasteiger partial charge in [-0.25, -0.2) is 0 Å². The van der Waals surface area contributed by atoms with E-state index in [2.05, 4.69) is 31.0 Å². The summed E-state index contributed by atoms with van der Waals surface area (Å²) < 4.78 is 0. The van der Waals surface area contributed by atoms with Crippen LogP contribution in [-0.4, -0.2) is 36.5 Å². The SMILES string of the molecule is CC(C)(C)C1CCCN(CC(=O)NC2CC2)CC1. The van der Waals surface area contributed by atoms with Gasteiger partial charge in [-0.3, -0.25) is 9.69 Å². The van der Waals surface area contributed by atoms with Crippen LogP contribution in [0.25, 0.3) is 0 Å². The summed E-state index contributed by atoms with van der Waals surface area (Å²) in [6.45, 7) is 9.80. The lowest BCUT2D eigenvalue weighted by molar-refractivity contribution is -0.122.